The lowest BCUT2D eigenvalue weighted by Gasteiger charge is -2.36. The molecule has 2 aliphatic carbocycles. The summed E-state index contributed by atoms with van der Waals surface area (Å²) in [6, 6.07) is 2.35. The number of carbonyl (C=O) groups is 1. The van der Waals surface area contributed by atoms with Crippen LogP contribution in [0.25, 0.3) is 0 Å². The lowest BCUT2D eigenvalue weighted by Crippen LogP contribution is -2.43. The van der Waals surface area contributed by atoms with Crippen molar-refractivity contribution in [3.8, 4) is 5.75 Å². The molecule has 1 aromatic carbocycles. The van der Waals surface area contributed by atoms with Crippen molar-refractivity contribution in [3.63, 3.8) is 0 Å². The number of halogens is 2. The number of rotatable bonds is 7. The first kappa shape index (κ1) is 18.9. The fraction of sp³-hybridized carbons (Fsp3) is 0.500. The van der Waals surface area contributed by atoms with E-state index >= 15 is 0 Å². The molecule has 1 heterocycles. The lowest BCUT2D eigenvalue weighted by atomic mass is 9.96. The Labute approximate surface area is 161 Å². The first-order valence-electron chi connectivity index (χ1n) is 9.42. The number of aliphatic carboxylic acids is 1. The number of carboxylic acids is 1. The molecule has 1 N–H and O–H groups in total. The van der Waals surface area contributed by atoms with Gasteiger partial charge in [0.2, 0.25) is 0 Å². The summed E-state index contributed by atoms with van der Waals surface area (Å²) in [6.07, 6.45) is 6.91. The summed E-state index contributed by atoms with van der Waals surface area (Å²) in [5, 5.41) is 8.89. The first-order valence-corrected chi connectivity index (χ1v) is 9.42. The molecule has 0 bridgehead atoms. The van der Waals surface area contributed by atoms with Gasteiger partial charge >= 0.3 is 5.97 Å². The summed E-state index contributed by atoms with van der Waals surface area (Å²) >= 11 is 0. The molecule has 150 valence electrons. The summed E-state index contributed by atoms with van der Waals surface area (Å²) in [4.78, 5) is 16.8. The van der Waals surface area contributed by atoms with Crippen molar-refractivity contribution >= 4 is 11.8 Å². The Morgan fingerprint density at radius 3 is 2.61 bits per heavy atom. The molecule has 0 radical (unpaired) electrons. The van der Waals surface area contributed by atoms with Crippen LogP contribution in [-0.4, -0.2) is 47.8 Å². The molecule has 1 aliphatic heterocycles. The van der Waals surface area contributed by atoms with E-state index in [1.165, 1.54) is 12.1 Å². The van der Waals surface area contributed by atoms with Gasteiger partial charge in [-0.25, -0.2) is 13.8 Å². The van der Waals surface area contributed by atoms with Gasteiger partial charge in [0.05, 0.1) is 18.6 Å². The standard InChI is InChI=1S/C20H22F2N2O4/c1-24-17(28-13-3-2-4-13)5-6-23-19(24)11-8-15(21)18(16(22)9-11)27-10-12-7-14(12)20(25)26/h5-6,8-9,12-14,17H,2-4,7,10H2,1H3,(H,25,26). The Balaban J connectivity index is 1.45. The van der Waals surface area contributed by atoms with E-state index in [1.54, 1.807) is 24.2 Å². The van der Waals surface area contributed by atoms with Gasteiger partial charge in [-0.1, -0.05) is 0 Å². The fourth-order valence-corrected chi connectivity index (χ4v) is 3.40. The number of ether oxygens (including phenoxy) is 2. The number of amidine groups is 1. The molecule has 0 amide bonds. The summed E-state index contributed by atoms with van der Waals surface area (Å²) in [5.41, 5.74) is 0.284. The predicted octanol–water partition coefficient (Wildman–Crippen LogP) is 3.17. The van der Waals surface area contributed by atoms with E-state index < -0.39 is 29.3 Å². The molecule has 3 atom stereocenters. The Bertz CT molecular complexity index is 814. The van der Waals surface area contributed by atoms with Gasteiger partial charge < -0.3 is 19.5 Å². The Kier molecular flexibility index (Phi) is 5.05. The van der Waals surface area contributed by atoms with E-state index in [0.29, 0.717) is 12.3 Å². The van der Waals surface area contributed by atoms with Crippen LogP contribution in [0.5, 0.6) is 5.75 Å². The minimum Gasteiger partial charge on any atom is -0.487 e. The van der Waals surface area contributed by atoms with E-state index in [0.717, 1.165) is 19.3 Å². The monoisotopic (exact) mass is 392 g/mol. The Morgan fingerprint density at radius 1 is 1.32 bits per heavy atom. The molecule has 1 aromatic rings. The number of carboxylic acid groups (broad SMARTS) is 1. The highest BCUT2D eigenvalue weighted by molar-refractivity contribution is 5.99. The van der Waals surface area contributed by atoms with Gasteiger partial charge in [0.25, 0.3) is 0 Å². The average molecular weight is 392 g/mol. The van der Waals surface area contributed by atoms with Crippen molar-refractivity contribution in [1.29, 1.82) is 0 Å². The average Bonchev–Trinajstić information content (AvgIpc) is 3.38. The molecule has 6 nitrogen and oxygen atoms in total. The van der Waals surface area contributed by atoms with Crippen molar-refractivity contribution in [2.45, 2.75) is 38.0 Å². The van der Waals surface area contributed by atoms with Crippen LogP contribution < -0.4 is 4.74 Å². The van der Waals surface area contributed by atoms with Gasteiger partial charge in [0.15, 0.2) is 23.6 Å². The van der Waals surface area contributed by atoms with Crippen molar-refractivity contribution in [2.75, 3.05) is 13.7 Å². The van der Waals surface area contributed by atoms with Crippen molar-refractivity contribution in [1.82, 2.24) is 4.90 Å². The molecular formula is C20H22F2N2O4. The van der Waals surface area contributed by atoms with Crippen LogP contribution in [0, 0.1) is 23.5 Å². The summed E-state index contributed by atoms with van der Waals surface area (Å²) < 4.78 is 40.2. The summed E-state index contributed by atoms with van der Waals surface area (Å²) in [6.45, 7) is -0.0228. The molecule has 28 heavy (non-hydrogen) atoms. The van der Waals surface area contributed by atoms with Gasteiger partial charge in [-0.3, -0.25) is 4.79 Å². The van der Waals surface area contributed by atoms with Crippen LogP contribution in [0.3, 0.4) is 0 Å². The van der Waals surface area contributed by atoms with E-state index in [2.05, 4.69) is 4.99 Å². The number of aliphatic imine (C=N–C) groups is 1. The van der Waals surface area contributed by atoms with E-state index in [9.17, 15) is 13.6 Å². The molecule has 8 heteroatoms. The van der Waals surface area contributed by atoms with Gasteiger partial charge in [-0.2, -0.15) is 0 Å². The highest BCUT2D eigenvalue weighted by Crippen LogP contribution is 2.39. The molecule has 0 saturated heterocycles. The van der Waals surface area contributed by atoms with Gasteiger partial charge in [-0.05, 0) is 43.9 Å². The largest absolute Gasteiger partial charge is 0.487 e. The second kappa shape index (κ2) is 7.50. The van der Waals surface area contributed by atoms with E-state index in [-0.39, 0.29) is 30.4 Å². The van der Waals surface area contributed by atoms with E-state index in [1.807, 2.05) is 0 Å². The van der Waals surface area contributed by atoms with Crippen molar-refractivity contribution in [3.05, 3.63) is 41.6 Å². The molecule has 3 aliphatic rings. The van der Waals surface area contributed by atoms with Gasteiger partial charge in [0, 0.05) is 24.7 Å². The highest BCUT2D eigenvalue weighted by Gasteiger charge is 2.44. The molecule has 4 rings (SSSR count). The zero-order chi connectivity index (χ0) is 19.8. The third kappa shape index (κ3) is 3.73. The normalized spacial score (nSPS) is 26.6. The maximum Gasteiger partial charge on any atom is 0.306 e. The van der Waals surface area contributed by atoms with Gasteiger partial charge in [0.1, 0.15) is 5.84 Å². The number of nitrogens with zero attached hydrogens (tertiary/aromatic N) is 2. The second-order valence-corrected chi connectivity index (χ2v) is 7.51. The molecule has 0 spiro atoms. The number of benzene rings is 1. The Hall–Kier alpha value is -2.48. The number of likely N-dealkylation sites (N-methyl/N-ethyl adjacent to an activating group) is 1. The van der Waals surface area contributed by atoms with Crippen LogP contribution in [0.15, 0.2) is 29.4 Å². The topological polar surface area (TPSA) is 71.4 Å². The lowest BCUT2D eigenvalue weighted by molar-refractivity contribution is -0.138. The van der Waals surface area contributed by atoms with Crippen LogP contribution >= 0.6 is 0 Å². The third-order valence-corrected chi connectivity index (χ3v) is 5.49. The molecule has 2 fully saturated rings. The van der Waals surface area contributed by atoms with Crippen LogP contribution in [0.4, 0.5) is 8.78 Å². The maximum atomic E-state index is 14.5. The number of hydrogen-bond acceptors (Lipinski definition) is 5. The Morgan fingerprint density at radius 2 is 2.04 bits per heavy atom. The van der Waals surface area contributed by atoms with Crippen LogP contribution in [0.2, 0.25) is 0 Å². The zero-order valence-electron chi connectivity index (χ0n) is 15.5. The van der Waals surface area contributed by atoms with Crippen LogP contribution in [-0.2, 0) is 9.53 Å². The second-order valence-electron chi connectivity index (χ2n) is 7.51. The summed E-state index contributed by atoms with van der Waals surface area (Å²) in [7, 11) is 1.77. The highest BCUT2D eigenvalue weighted by atomic mass is 19.1. The minimum atomic E-state index is -0.907. The molecule has 2 saturated carbocycles. The third-order valence-electron chi connectivity index (χ3n) is 5.49. The quantitative estimate of drug-likeness (QED) is 0.772. The van der Waals surface area contributed by atoms with Gasteiger partial charge in [-0.15, -0.1) is 0 Å². The SMILES string of the molecule is CN1C(c2cc(F)c(OCC3CC3C(=O)O)c(F)c2)=NC=CC1OC1CCC1. The minimum absolute atomic E-state index is 0.0228. The molecular weight excluding hydrogens is 370 g/mol. The van der Waals surface area contributed by atoms with Crippen molar-refractivity contribution in [2.24, 2.45) is 16.8 Å². The molecule has 3 unspecified atom stereocenters. The smallest absolute Gasteiger partial charge is 0.306 e. The zero-order valence-corrected chi connectivity index (χ0v) is 15.5. The first-order chi connectivity index (χ1) is 13.4. The number of hydrogen-bond donors (Lipinski definition) is 1. The fourth-order valence-electron chi connectivity index (χ4n) is 3.40. The summed E-state index contributed by atoms with van der Waals surface area (Å²) in [5.74, 6) is -3.38. The van der Waals surface area contributed by atoms with E-state index in [4.69, 9.17) is 14.6 Å². The van der Waals surface area contributed by atoms with Crippen LogP contribution in [0.1, 0.15) is 31.2 Å². The van der Waals surface area contributed by atoms with Crippen molar-refractivity contribution < 1.29 is 28.2 Å². The molecule has 0 aromatic heterocycles. The maximum absolute atomic E-state index is 14.5. The predicted molar refractivity (Wildman–Crippen MR) is 97.0 cm³/mol.